The summed E-state index contributed by atoms with van der Waals surface area (Å²) in [6.07, 6.45) is 9.68. The van der Waals surface area contributed by atoms with Crippen molar-refractivity contribution >= 4 is 56.3 Å². The van der Waals surface area contributed by atoms with Crippen LogP contribution in [0, 0.1) is 58.5 Å². The quantitative estimate of drug-likeness (QED) is 0.00422. The molecule has 8 N–H and O–H groups in total. The molecule has 16 rings (SSSR count). The number of esters is 1. The number of nitriles is 4. The van der Waals surface area contributed by atoms with Crippen LogP contribution in [-0.4, -0.2) is 175 Å². The van der Waals surface area contributed by atoms with Crippen molar-refractivity contribution < 1.29 is 89.9 Å². The molecule has 0 radical (unpaired) electrons. The number of fused-ring (bicyclic) bond motifs is 7. The van der Waals surface area contributed by atoms with E-state index in [9.17, 15) is 28.8 Å². The number of aromatic amines is 4. The molecule has 43 heteroatoms. The summed E-state index contributed by atoms with van der Waals surface area (Å²) < 4.78 is 86.1. The number of nitrogens with two attached hydrogens (primary N) is 2. The number of rotatable bonds is 22. The first kappa shape index (κ1) is 94.6. The van der Waals surface area contributed by atoms with Crippen molar-refractivity contribution in [2.24, 2.45) is 5.73 Å². The molecule has 4 aliphatic rings. The third kappa shape index (κ3) is 26.6. The van der Waals surface area contributed by atoms with E-state index in [0.717, 1.165) is 27.2 Å². The van der Waals surface area contributed by atoms with Gasteiger partial charge in [-0.05, 0) is 121 Å². The number of aromatic nitrogens is 12. The first-order valence-corrected chi connectivity index (χ1v) is 38.7. The molecule has 0 saturated carbocycles. The van der Waals surface area contributed by atoms with Gasteiger partial charge in [-0.1, -0.05) is 15.9 Å². The summed E-state index contributed by atoms with van der Waals surface area (Å²) in [5, 5.41) is 47.9. The molecule has 12 heterocycles. The molecule has 8 aromatic heterocycles. The van der Waals surface area contributed by atoms with E-state index in [0.29, 0.717) is 154 Å². The molecular formula is C82H81BrN20O22. The number of halogens is 1. The van der Waals surface area contributed by atoms with Crippen LogP contribution in [0.4, 0.5) is 5.82 Å². The third-order valence-electron chi connectivity index (χ3n) is 16.1. The number of primary amides is 1. The molecule has 0 unspecified atom stereocenters. The number of oxazole rings is 1. The summed E-state index contributed by atoms with van der Waals surface area (Å²) in [5.41, 5.74) is 16.1. The number of benzene rings is 4. The summed E-state index contributed by atoms with van der Waals surface area (Å²) in [4.78, 5) is 93.9. The largest absolute Gasteiger partial charge is 0.512 e. The zero-order valence-electron chi connectivity index (χ0n) is 68.0. The lowest BCUT2D eigenvalue weighted by molar-refractivity contribution is -0.282. The van der Waals surface area contributed by atoms with Gasteiger partial charge in [-0.2, -0.15) is 20.9 Å². The normalized spacial score (nSPS) is 11.5. The van der Waals surface area contributed by atoms with Crippen molar-refractivity contribution in [3.63, 3.8) is 0 Å². The van der Waals surface area contributed by atoms with Gasteiger partial charge in [0, 0.05) is 92.1 Å². The zero-order chi connectivity index (χ0) is 90.2. The molecule has 4 aliphatic heterocycles. The number of amides is 1. The highest BCUT2D eigenvalue weighted by Gasteiger charge is 2.23. The van der Waals surface area contributed by atoms with Crippen molar-refractivity contribution in [3.8, 4) is 115 Å². The van der Waals surface area contributed by atoms with Crippen molar-refractivity contribution in [2.45, 2.75) is 67.7 Å². The number of nitrogens with one attached hydrogen (secondary N) is 4. The fourth-order valence-corrected chi connectivity index (χ4v) is 10.9. The summed E-state index contributed by atoms with van der Waals surface area (Å²) in [5.74, 6) is 4.21. The Morgan fingerprint density at radius 2 is 1.05 bits per heavy atom. The number of carbonyl (C=O) groups is 3. The second kappa shape index (κ2) is 49.0. The Hall–Kier alpha value is -15.9. The van der Waals surface area contributed by atoms with Crippen LogP contribution in [0.25, 0.3) is 71.9 Å². The van der Waals surface area contributed by atoms with Crippen LogP contribution in [0.15, 0.2) is 159 Å². The molecule has 42 nitrogen and oxygen atoms in total. The predicted octanol–water partition coefficient (Wildman–Crippen LogP) is 10.2. The number of hydrogen-bond acceptors (Lipinski definition) is 32. The van der Waals surface area contributed by atoms with Gasteiger partial charge in [0.15, 0.2) is 75.0 Å². The highest BCUT2D eigenvalue weighted by atomic mass is 79.9. The van der Waals surface area contributed by atoms with Gasteiger partial charge in [0.2, 0.25) is 33.1 Å². The lowest BCUT2D eigenvalue weighted by Gasteiger charge is -2.15. The minimum atomic E-state index is -0.659. The van der Waals surface area contributed by atoms with Gasteiger partial charge in [-0.3, -0.25) is 49.2 Å². The molecule has 0 fully saturated rings. The van der Waals surface area contributed by atoms with Crippen molar-refractivity contribution in [1.82, 2.24) is 59.0 Å². The summed E-state index contributed by atoms with van der Waals surface area (Å²) in [6, 6.07) is 32.3. The Labute approximate surface area is 719 Å². The van der Waals surface area contributed by atoms with E-state index >= 15 is 0 Å². The molecule has 1 amide bonds. The number of ketones is 1. The van der Waals surface area contributed by atoms with Gasteiger partial charge in [0.05, 0.1) is 66.2 Å². The summed E-state index contributed by atoms with van der Waals surface area (Å²) >= 11 is 3.27. The number of Topliss-reactive ketones (excluding diaryl/α,β-unsaturated/α-hetero) is 1. The van der Waals surface area contributed by atoms with Gasteiger partial charge in [0.1, 0.15) is 59.7 Å². The van der Waals surface area contributed by atoms with Gasteiger partial charge < -0.3 is 91.8 Å². The van der Waals surface area contributed by atoms with Crippen LogP contribution in [-0.2, 0) is 38.0 Å². The lowest BCUT2D eigenvalue weighted by Crippen LogP contribution is -2.20. The molecule has 12 aromatic rings. The van der Waals surface area contributed by atoms with E-state index in [4.69, 9.17) is 116 Å². The van der Waals surface area contributed by atoms with Crippen molar-refractivity contribution in [1.29, 1.82) is 21.0 Å². The number of alkyl halides is 1. The molecule has 648 valence electrons. The Morgan fingerprint density at radius 3 is 1.46 bits per heavy atom. The monoisotopic (exact) mass is 1780 g/mol. The summed E-state index contributed by atoms with van der Waals surface area (Å²) in [7, 11) is 0. The van der Waals surface area contributed by atoms with E-state index in [1.165, 1.54) is 52.1 Å². The maximum Gasteiger partial charge on any atom is 0.313 e. The Morgan fingerprint density at radius 1 is 0.584 bits per heavy atom. The number of H-pyrrole nitrogens is 4. The molecule has 125 heavy (non-hydrogen) atoms. The van der Waals surface area contributed by atoms with Crippen LogP contribution < -0.4 is 66.0 Å². The number of carbonyl (C=O) groups excluding carboxylic acids is 3. The van der Waals surface area contributed by atoms with Crippen LogP contribution in [0.3, 0.4) is 0 Å². The van der Waals surface area contributed by atoms with E-state index in [-0.39, 0.29) is 92.4 Å². The fourth-order valence-electron chi connectivity index (χ4n) is 10.6. The van der Waals surface area contributed by atoms with Gasteiger partial charge >= 0.3 is 5.97 Å². The number of allylic oxidation sites excluding steroid dienone is 1. The van der Waals surface area contributed by atoms with E-state index < -0.39 is 18.4 Å². The average Bonchev–Trinajstić information content (AvgIpc) is 1.62. The summed E-state index contributed by atoms with van der Waals surface area (Å²) in [6.45, 7) is 29.7. The van der Waals surface area contributed by atoms with Crippen LogP contribution >= 0.6 is 15.9 Å². The molecular weight excluding hydrogens is 1700 g/mol. The standard InChI is InChI=1S/C16H10N4O4.C14H10N4O4.C14H8N4O3.C12H12O5.C7H16O3.C6H13BrO2.C6H6N2O.C4H4N4.C3H2N2/c21-14-6-11(9-1-2-12-13(5-9)24-8-23-12)19-15-10(7-18-20(14)15)16-17-3-4-22-16;15-13(20)8-5-16-18-12(19)4-9(17-14(8)18)7-1-2-10-11(3-7)22-6-21-10;15-5-9-6-16-18-13(19)4-10(17-14(9)18)8-1-2-11-12(3-8)21-7-20-11;1-2-15-12(14)6-9(13)8-3-4-10-11(5-8)17-7-16-10;1-4-8-7(9-5-2)10-6-3;1-3-8-6(5-7)9-4-2;1-3-9-5-6(4-7)8-2;5-1-3-2-7-8-4(3)6;1-5-3-2-4/h1-7,18H,8H2;1-5,16H,6H2,(H2,15,20);1-4,6,16H,7H2;3-5H,2,6-7H2,1H3;7H,4-6H2,1-3H3;6H,3-5H2,1-2H3;5H,3H2,1H3;2H,(H3,6,7,8);3H2/b;;;;;;6-5+;;. The number of ether oxygens (including phenoxy) is 15. The molecule has 0 atom stereocenters. The minimum Gasteiger partial charge on any atom is -0.512 e. The lowest BCUT2D eigenvalue weighted by atomic mass is 10.1. The van der Waals surface area contributed by atoms with Crippen molar-refractivity contribution in [3.05, 3.63) is 216 Å². The number of anilines is 1. The average molecular weight is 1780 g/mol. The van der Waals surface area contributed by atoms with Crippen LogP contribution in [0.2, 0.25) is 0 Å². The topological polar surface area (TPSA) is 551 Å². The zero-order valence-corrected chi connectivity index (χ0v) is 69.6. The SMILES string of the molecule is CCOC(=O)CC(=O)c1ccc2c(c1)OCO2.CCOC(CBr)OCC.CCOC(OCC)OCC.N#Cc1c[nH]n2c(=O)cc(-c3ccc4c(c3)OCO4)nc12.N#Cc1cn[nH]c1N.NC(=O)c1c[nH]n2c(=O)cc(-c3ccc4c(c3)OCO4)nc12.O=c1cc(-c2ccc3c(c2)OCO3)nc2c(-c3ncco3)c[nH]n12.[C-]#[N+]/C(C#N)=C/OCC.[C-]#[N+]CC#N. The maximum absolute atomic E-state index is 12.4. The third-order valence-corrected chi connectivity index (χ3v) is 16.7. The van der Waals surface area contributed by atoms with Crippen LogP contribution in [0.5, 0.6) is 46.0 Å². The van der Waals surface area contributed by atoms with E-state index in [1.54, 1.807) is 105 Å². The second-order valence-corrected chi connectivity index (χ2v) is 24.7. The first-order chi connectivity index (χ1) is 60.7. The maximum atomic E-state index is 12.4. The first-order valence-electron chi connectivity index (χ1n) is 37.5. The molecule has 0 aliphatic carbocycles. The second-order valence-electron chi connectivity index (χ2n) is 24.1. The van der Waals surface area contributed by atoms with Gasteiger partial charge in [-0.15, -0.1) is 0 Å². The van der Waals surface area contributed by atoms with E-state index in [2.05, 4.69) is 75.8 Å². The molecule has 4 aromatic carbocycles. The van der Waals surface area contributed by atoms with Gasteiger partial charge in [0.25, 0.3) is 41.3 Å². The minimum absolute atomic E-state index is 0.0139. The highest BCUT2D eigenvalue weighted by Crippen LogP contribution is 2.39. The van der Waals surface area contributed by atoms with Gasteiger partial charge in [-0.25, -0.2) is 50.2 Å². The van der Waals surface area contributed by atoms with E-state index in [1.807, 2.05) is 52.8 Å². The number of hydrogen-bond donors (Lipinski definition) is 6. The smallest absolute Gasteiger partial charge is 0.313 e. The fraction of sp³-hybridized carbons (Fsp3) is 0.280. The Balaban J connectivity index is 0.000000181. The number of nitrogen functional groups attached to an aromatic ring is 1. The predicted molar refractivity (Wildman–Crippen MR) is 445 cm³/mol. The molecule has 0 saturated heterocycles. The highest BCUT2D eigenvalue weighted by molar-refractivity contribution is 9.09. The molecule has 0 spiro atoms. The Kier molecular flexibility index (Phi) is 37.1. The molecule has 0 bridgehead atoms. The number of nitrogens with zero attached hydrogens (tertiary/aromatic N) is 14. The van der Waals surface area contributed by atoms with Crippen LogP contribution in [0.1, 0.15) is 86.7 Å². The Bertz CT molecular complexity index is 6100. The van der Waals surface area contributed by atoms with Crippen molar-refractivity contribution in [2.75, 3.05) is 91.0 Å².